The van der Waals surface area contributed by atoms with Crippen LogP contribution in [0.3, 0.4) is 0 Å². The fourth-order valence-corrected chi connectivity index (χ4v) is 4.75. The van der Waals surface area contributed by atoms with Crippen LogP contribution in [-0.4, -0.2) is 30.1 Å². The highest BCUT2D eigenvalue weighted by atomic mass is 35.5. The summed E-state index contributed by atoms with van der Waals surface area (Å²) < 4.78 is 5.17. The molecule has 0 amide bonds. The average Bonchev–Trinajstić information content (AvgIpc) is 2.80. The third-order valence-corrected chi connectivity index (χ3v) is 6.48. The minimum atomic E-state index is -0.158. The topological polar surface area (TPSA) is 54.5 Å². The number of nitrogens with zero attached hydrogens (tertiary/aromatic N) is 2. The van der Waals surface area contributed by atoms with E-state index in [-0.39, 0.29) is 11.9 Å². The van der Waals surface area contributed by atoms with Crippen molar-refractivity contribution >= 4 is 34.6 Å². The molecule has 5 nitrogen and oxygen atoms in total. The van der Waals surface area contributed by atoms with Gasteiger partial charge in [0.05, 0.1) is 36.3 Å². The van der Waals surface area contributed by atoms with Crippen LogP contribution in [0.5, 0.6) is 0 Å². The number of carbonyl (C=O) groups is 1. The van der Waals surface area contributed by atoms with E-state index in [0.717, 1.165) is 23.5 Å². The Labute approximate surface area is 203 Å². The van der Waals surface area contributed by atoms with Crippen molar-refractivity contribution in [3.63, 3.8) is 0 Å². The van der Waals surface area contributed by atoms with E-state index in [2.05, 4.69) is 54.2 Å². The summed E-state index contributed by atoms with van der Waals surface area (Å²) in [4.78, 5) is 18.9. The lowest BCUT2D eigenvalue weighted by atomic mass is 9.92. The molecule has 0 aliphatic heterocycles. The van der Waals surface area contributed by atoms with E-state index < -0.39 is 0 Å². The Bertz CT molecular complexity index is 895. The number of halogens is 1. The van der Waals surface area contributed by atoms with Crippen molar-refractivity contribution in [2.75, 3.05) is 23.4 Å². The van der Waals surface area contributed by atoms with Crippen LogP contribution in [0.25, 0.3) is 0 Å². The first-order valence-corrected chi connectivity index (χ1v) is 12.7. The number of pyridine rings is 1. The van der Waals surface area contributed by atoms with Crippen molar-refractivity contribution in [2.24, 2.45) is 5.92 Å². The second-order valence-corrected chi connectivity index (χ2v) is 9.91. The number of aromatic nitrogens is 1. The van der Waals surface area contributed by atoms with Crippen LogP contribution in [0.15, 0.2) is 36.5 Å². The molecular weight excluding hydrogens is 434 g/mol. The lowest BCUT2D eigenvalue weighted by Crippen LogP contribution is -2.39. The van der Waals surface area contributed by atoms with E-state index in [1.807, 2.05) is 13.0 Å². The summed E-state index contributed by atoms with van der Waals surface area (Å²) in [7, 11) is 0. The Morgan fingerprint density at radius 3 is 2.58 bits per heavy atom. The third kappa shape index (κ3) is 7.36. The van der Waals surface area contributed by atoms with Crippen LogP contribution in [0.2, 0.25) is 5.15 Å². The molecule has 1 aliphatic rings. The number of nitrogens with one attached hydrogen (secondary N) is 1. The van der Waals surface area contributed by atoms with Gasteiger partial charge in [0.25, 0.3) is 0 Å². The number of hydrogen-bond acceptors (Lipinski definition) is 5. The maximum Gasteiger partial charge on any atom is 0.306 e. The molecule has 1 aromatic carbocycles. The fraction of sp³-hybridized carbons (Fsp3) is 0.556. The largest absolute Gasteiger partial charge is 0.466 e. The number of benzene rings is 1. The van der Waals surface area contributed by atoms with Gasteiger partial charge in [-0.1, -0.05) is 57.7 Å². The second kappa shape index (κ2) is 12.3. The number of rotatable bonds is 10. The van der Waals surface area contributed by atoms with Gasteiger partial charge in [-0.15, -0.1) is 0 Å². The van der Waals surface area contributed by atoms with E-state index in [1.54, 1.807) is 12.3 Å². The molecule has 2 aromatic rings. The van der Waals surface area contributed by atoms with Crippen molar-refractivity contribution in [2.45, 2.75) is 78.2 Å². The fourth-order valence-electron chi connectivity index (χ4n) is 4.63. The van der Waals surface area contributed by atoms with Crippen LogP contribution < -0.4 is 10.2 Å². The summed E-state index contributed by atoms with van der Waals surface area (Å²) in [6.45, 7) is 9.90. The van der Waals surface area contributed by atoms with Crippen LogP contribution in [0.1, 0.15) is 77.7 Å². The van der Waals surface area contributed by atoms with Crippen molar-refractivity contribution in [1.29, 1.82) is 0 Å². The molecule has 1 aromatic heterocycles. The molecule has 6 heteroatoms. The van der Waals surface area contributed by atoms with Gasteiger partial charge in [0.2, 0.25) is 0 Å². The van der Waals surface area contributed by atoms with E-state index in [1.165, 1.54) is 37.8 Å². The molecule has 180 valence electrons. The van der Waals surface area contributed by atoms with Gasteiger partial charge in [0, 0.05) is 12.6 Å². The van der Waals surface area contributed by atoms with E-state index >= 15 is 0 Å². The summed E-state index contributed by atoms with van der Waals surface area (Å²) in [6, 6.07) is 10.9. The van der Waals surface area contributed by atoms with E-state index in [4.69, 9.17) is 16.3 Å². The quantitative estimate of drug-likeness (QED) is 0.290. The molecule has 1 atom stereocenters. The van der Waals surface area contributed by atoms with E-state index in [0.29, 0.717) is 30.1 Å². The predicted octanol–water partition coefficient (Wildman–Crippen LogP) is 7.33. The summed E-state index contributed by atoms with van der Waals surface area (Å²) in [5.74, 6) is 0.462. The summed E-state index contributed by atoms with van der Waals surface area (Å²) in [5, 5.41) is 4.06. The number of ether oxygens (including phenoxy) is 1. The van der Waals surface area contributed by atoms with Crippen LogP contribution in [-0.2, 0) is 9.53 Å². The van der Waals surface area contributed by atoms with Gasteiger partial charge in [-0.3, -0.25) is 4.79 Å². The monoisotopic (exact) mass is 471 g/mol. The van der Waals surface area contributed by atoms with Gasteiger partial charge < -0.3 is 15.0 Å². The van der Waals surface area contributed by atoms with Gasteiger partial charge >= 0.3 is 5.97 Å². The average molecular weight is 472 g/mol. The van der Waals surface area contributed by atoms with Crippen molar-refractivity contribution in [1.82, 2.24) is 4.98 Å². The zero-order chi connectivity index (χ0) is 23.8. The molecule has 1 fully saturated rings. The molecular formula is C27H38ClN3O2. The Kier molecular flexibility index (Phi) is 9.42. The van der Waals surface area contributed by atoms with Gasteiger partial charge in [-0.2, -0.15) is 0 Å². The van der Waals surface area contributed by atoms with Gasteiger partial charge in [-0.25, -0.2) is 4.98 Å². The van der Waals surface area contributed by atoms with Gasteiger partial charge in [0.1, 0.15) is 5.15 Å². The van der Waals surface area contributed by atoms with Crippen molar-refractivity contribution in [3.8, 4) is 0 Å². The highest BCUT2D eigenvalue weighted by Gasteiger charge is 2.25. The number of hydrogen-bond donors (Lipinski definition) is 1. The molecule has 1 aliphatic carbocycles. The highest BCUT2D eigenvalue weighted by Crippen LogP contribution is 2.37. The maximum absolute atomic E-state index is 12.1. The molecule has 3 rings (SSSR count). The number of anilines is 3. The maximum atomic E-state index is 12.1. The Morgan fingerprint density at radius 1 is 1.18 bits per heavy atom. The van der Waals surface area contributed by atoms with Crippen molar-refractivity contribution in [3.05, 3.63) is 47.2 Å². The van der Waals surface area contributed by atoms with Gasteiger partial charge in [0.15, 0.2) is 0 Å². The number of esters is 1. The predicted molar refractivity (Wildman–Crippen MR) is 138 cm³/mol. The van der Waals surface area contributed by atoms with Crippen LogP contribution in [0.4, 0.5) is 17.1 Å². The molecule has 1 N–H and O–H groups in total. The second-order valence-electron chi connectivity index (χ2n) is 9.52. The summed E-state index contributed by atoms with van der Waals surface area (Å²) >= 11 is 6.01. The smallest absolute Gasteiger partial charge is 0.306 e. The molecule has 1 saturated carbocycles. The highest BCUT2D eigenvalue weighted by molar-refractivity contribution is 6.29. The summed E-state index contributed by atoms with van der Waals surface area (Å²) in [6.07, 6.45) is 8.50. The normalized spacial score (nSPS) is 15.3. The van der Waals surface area contributed by atoms with Crippen LogP contribution >= 0.6 is 11.6 Å². The zero-order valence-corrected chi connectivity index (χ0v) is 21.2. The van der Waals surface area contributed by atoms with Crippen LogP contribution in [0, 0.1) is 5.92 Å². The Balaban J connectivity index is 1.97. The standard InChI is InChI=1S/C27H38ClN3O2/c1-5-33-27(32)15-20(4)21-11-13-25(24(16-21)30-22-12-14-26(28)29-17-22)31(18-19(2)3)23-9-7-6-8-10-23/h11-14,16-17,19-20,23,30H,5-10,15,18H2,1-4H3/t20-/m1/s1. The first kappa shape index (κ1) is 25.4. The lowest BCUT2D eigenvalue weighted by molar-refractivity contribution is -0.143. The molecule has 0 unspecified atom stereocenters. The molecule has 1 heterocycles. The van der Waals surface area contributed by atoms with E-state index in [9.17, 15) is 4.79 Å². The van der Waals surface area contributed by atoms with Crippen molar-refractivity contribution < 1.29 is 9.53 Å². The zero-order valence-electron chi connectivity index (χ0n) is 20.4. The molecule has 0 saturated heterocycles. The third-order valence-electron chi connectivity index (χ3n) is 6.26. The minimum Gasteiger partial charge on any atom is -0.466 e. The Morgan fingerprint density at radius 2 is 1.94 bits per heavy atom. The minimum absolute atomic E-state index is 0.0650. The molecule has 0 spiro atoms. The Hall–Kier alpha value is -2.27. The first-order valence-electron chi connectivity index (χ1n) is 12.3. The molecule has 0 bridgehead atoms. The number of carbonyl (C=O) groups excluding carboxylic acids is 1. The first-order chi connectivity index (χ1) is 15.9. The SMILES string of the molecule is CCOC(=O)C[C@@H](C)c1ccc(N(CC(C)C)C2CCCCC2)c(Nc2ccc(Cl)nc2)c1. The molecule has 0 radical (unpaired) electrons. The summed E-state index contributed by atoms with van der Waals surface area (Å²) in [5.41, 5.74) is 4.25. The molecule has 33 heavy (non-hydrogen) atoms. The van der Waals surface area contributed by atoms with Gasteiger partial charge in [-0.05, 0) is 61.4 Å². The lowest BCUT2D eigenvalue weighted by Gasteiger charge is -2.38.